The van der Waals surface area contributed by atoms with E-state index in [9.17, 15) is 14.0 Å². The molecule has 0 aromatic carbocycles. The van der Waals surface area contributed by atoms with Gasteiger partial charge < -0.3 is 18.9 Å². The van der Waals surface area contributed by atoms with Crippen molar-refractivity contribution in [3.63, 3.8) is 0 Å². The lowest BCUT2D eigenvalue weighted by Crippen LogP contribution is -2.40. The molecule has 134 valence electrons. The molecular formula is C16H27FO6. The van der Waals surface area contributed by atoms with Crippen molar-refractivity contribution in [1.82, 2.24) is 0 Å². The van der Waals surface area contributed by atoms with Gasteiger partial charge in [-0.15, -0.1) is 0 Å². The molecule has 7 heteroatoms. The third-order valence-corrected chi connectivity index (χ3v) is 3.33. The highest BCUT2D eigenvalue weighted by molar-refractivity contribution is 5.76. The van der Waals surface area contributed by atoms with Crippen molar-refractivity contribution in [1.29, 1.82) is 0 Å². The minimum atomic E-state index is -1.65. The van der Waals surface area contributed by atoms with E-state index in [1.165, 1.54) is 7.11 Å². The van der Waals surface area contributed by atoms with Gasteiger partial charge in [-0.1, -0.05) is 0 Å². The molecule has 23 heavy (non-hydrogen) atoms. The molecule has 1 aliphatic rings. The van der Waals surface area contributed by atoms with E-state index >= 15 is 0 Å². The normalized spacial score (nSPS) is 28.5. The molecule has 4 atom stereocenters. The van der Waals surface area contributed by atoms with E-state index < -0.39 is 47.4 Å². The van der Waals surface area contributed by atoms with E-state index in [0.717, 1.165) is 0 Å². The van der Waals surface area contributed by atoms with Gasteiger partial charge in [-0.2, -0.15) is 0 Å². The molecule has 1 aliphatic heterocycles. The zero-order chi connectivity index (χ0) is 18.0. The predicted molar refractivity (Wildman–Crippen MR) is 80.3 cm³/mol. The molecule has 0 aromatic rings. The van der Waals surface area contributed by atoms with Gasteiger partial charge in [0.15, 0.2) is 18.6 Å². The number of ether oxygens (including phenoxy) is 4. The van der Waals surface area contributed by atoms with Crippen LogP contribution in [0.4, 0.5) is 4.39 Å². The number of hydrogen-bond acceptors (Lipinski definition) is 6. The highest BCUT2D eigenvalue weighted by Crippen LogP contribution is 2.30. The van der Waals surface area contributed by atoms with Crippen LogP contribution in [0.3, 0.4) is 0 Å². The summed E-state index contributed by atoms with van der Waals surface area (Å²) in [6.07, 6.45) is -4.90. The van der Waals surface area contributed by atoms with Crippen LogP contribution in [0.15, 0.2) is 0 Å². The summed E-state index contributed by atoms with van der Waals surface area (Å²) in [7, 11) is 1.30. The maximum absolute atomic E-state index is 14.3. The molecule has 0 aromatic heterocycles. The van der Waals surface area contributed by atoms with Crippen LogP contribution in [0.1, 0.15) is 41.5 Å². The van der Waals surface area contributed by atoms with Crippen molar-refractivity contribution in [2.24, 2.45) is 10.8 Å². The highest BCUT2D eigenvalue weighted by atomic mass is 19.1. The lowest BCUT2D eigenvalue weighted by Gasteiger charge is -2.25. The van der Waals surface area contributed by atoms with Gasteiger partial charge in [0.25, 0.3) is 0 Å². The standard InChI is InChI=1S/C16H27FO6/c1-15(2,3)13(18)21-8-9-11(10(17)12(20-7)22-9)23-14(19)16(4,5)6/h9-12H,8H2,1-7H3/t9-,10+,11-,12?/m1/s1. The number of carbonyl (C=O) groups is 2. The minimum absolute atomic E-state index is 0.210. The van der Waals surface area contributed by atoms with Crippen molar-refractivity contribution < 1.29 is 32.9 Å². The van der Waals surface area contributed by atoms with Crippen molar-refractivity contribution >= 4 is 11.9 Å². The minimum Gasteiger partial charge on any atom is -0.462 e. The van der Waals surface area contributed by atoms with E-state index in [1.807, 2.05) is 0 Å². The summed E-state index contributed by atoms with van der Waals surface area (Å²) in [4.78, 5) is 23.8. The number of alkyl halides is 1. The Hall–Kier alpha value is -1.21. The molecule has 0 saturated carbocycles. The number of halogens is 1. The van der Waals surface area contributed by atoms with Crippen molar-refractivity contribution in [2.45, 2.75) is 66.2 Å². The van der Waals surface area contributed by atoms with E-state index in [2.05, 4.69) is 0 Å². The van der Waals surface area contributed by atoms with Crippen molar-refractivity contribution in [2.75, 3.05) is 13.7 Å². The third kappa shape index (κ3) is 5.14. The first-order valence-electron chi connectivity index (χ1n) is 7.58. The number of rotatable bonds is 4. The van der Waals surface area contributed by atoms with Crippen LogP contribution in [0, 0.1) is 10.8 Å². The third-order valence-electron chi connectivity index (χ3n) is 3.33. The fraction of sp³-hybridized carbons (Fsp3) is 0.875. The summed E-state index contributed by atoms with van der Waals surface area (Å²) >= 11 is 0. The van der Waals surface area contributed by atoms with Gasteiger partial charge >= 0.3 is 11.9 Å². The van der Waals surface area contributed by atoms with E-state index in [4.69, 9.17) is 18.9 Å². The lowest BCUT2D eigenvalue weighted by atomic mass is 9.97. The number of hydrogen-bond donors (Lipinski definition) is 0. The van der Waals surface area contributed by atoms with Gasteiger partial charge in [0.1, 0.15) is 12.7 Å². The predicted octanol–water partition coefficient (Wildman–Crippen LogP) is 2.24. The van der Waals surface area contributed by atoms with Crippen LogP contribution < -0.4 is 0 Å². The first kappa shape index (κ1) is 19.8. The van der Waals surface area contributed by atoms with Crippen molar-refractivity contribution in [3.8, 4) is 0 Å². The molecule has 0 N–H and O–H groups in total. The molecule has 0 bridgehead atoms. The molecule has 0 radical (unpaired) electrons. The summed E-state index contributed by atoms with van der Waals surface area (Å²) in [5, 5.41) is 0. The summed E-state index contributed by atoms with van der Waals surface area (Å²) < 4.78 is 35.0. The van der Waals surface area contributed by atoms with Crippen LogP contribution in [0.25, 0.3) is 0 Å². The SMILES string of the molecule is COC1O[C@H](COC(=O)C(C)(C)C)[C@@H](OC(=O)C(C)(C)C)[C@@H]1F. The molecule has 0 aliphatic carbocycles. The van der Waals surface area contributed by atoms with E-state index in [0.29, 0.717) is 0 Å². The highest BCUT2D eigenvalue weighted by Gasteiger charge is 2.49. The van der Waals surface area contributed by atoms with Gasteiger partial charge in [0.2, 0.25) is 0 Å². The summed E-state index contributed by atoms with van der Waals surface area (Å²) in [5.41, 5.74) is -1.47. The van der Waals surface area contributed by atoms with Gasteiger partial charge in [-0.3, -0.25) is 9.59 Å². The van der Waals surface area contributed by atoms with Crippen LogP contribution in [-0.4, -0.2) is 50.3 Å². The molecule has 1 fully saturated rings. The molecule has 1 saturated heterocycles. The topological polar surface area (TPSA) is 71.1 Å². The first-order valence-corrected chi connectivity index (χ1v) is 7.58. The monoisotopic (exact) mass is 334 g/mol. The summed E-state index contributed by atoms with van der Waals surface area (Å²) in [6.45, 7) is 9.91. The lowest BCUT2D eigenvalue weighted by molar-refractivity contribution is -0.172. The van der Waals surface area contributed by atoms with E-state index in [1.54, 1.807) is 41.5 Å². The number of carbonyl (C=O) groups excluding carboxylic acids is 2. The number of esters is 2. The van der Waals surface area contributed by atoms with Crippen LogP contribution in [0.2, 0.25) is 0 Å². The largest absolute Gasteiger partial charge is 0.462 e. The van der Waals surface area contributed by atoms with E-state index in [-0.39, 0.29) is 6.61 Å². The fourth-order valence-corrected chi connectivity index (χ4v) is 1.82. The molecule has 1 heterocycles. The van der Waals surface area contributed by atoms with Gasteiger partial charge in [0, 0.05) is 7.11 Å². The molecule has 0 spiro atoms. The molecular weight excluding hydrogens is 307 g/mol. The second-order valence-electron chi connectivity index (χ2n) is 7.69. The zero-order valence-corrected chi connectivity index (χ0v) is 14.8. The number of methoxy groups -OCH3 is 1. The maximum atomic E-state index is 14.3. The molecule has 1 unspecified atom stereocenters. The second kappa shape index (κ2) is 7.13. The Morgan fingerprint density at radius 1 is 1.04 bits per heavy atom. The van der Waals surface area contributed by atoms with Crippen LogP contribution in [0.5, 0.6) is 0 Å². The van der Waals surface area contributed by atoms with Gasteiger partial charge in [-0.25, -0.2) is 4.39 Å². The Morgan fingerprint density at radius 2 is 1.57 bits per heavy atom. The Balaban J connectivity index is 2.78. The Bertz CT molecular complexity index is 437. The maximum Gasteiger partial charge on any atom is 0.311 e. The molecule has 0 amide bonds. The fourth-order valence-electron chi connectivity index (χ4n) is 1.82. The smallest absolute Gasteiger partial charge is 0.311 e. The quantitative estimate of drug-likeness (QED) is 0.734. The average Bonchev–Trinajstić information content (AvgIpc) is 2.70. The summed E-state index contributed by atoms with van der Waals surface area (Å²) in [5.74, 6) is -1.00. The Kier molecular flexibility index (Phi) is 6.15. The summed E-state index contributed by atoms with van der Waals surface area (Å²) in [6, 6.07) is 0. The first-order chi connectivity index (χ1) is 10.4. The molecule has 6 nitrogen and oxygen atoms in total. The molecule has 1 rings (SSSR count). The Morgan fingerprint density at radius 3 is 2.00 bits per heavy atom. The second-order valence-corrected chi connectivity index (χ2v) is 7.69. The van der Waals surface area contributed by atoms with Gasteiger partial charge in [-0.05, 0) is 41.5 Å². The van der Waals surface area contributed by atoms with Crippen LogP contribution in [-0.2, 0) is 28.5 Å². The van der Waals surface area contributed by atoms with Crippen LogP contribution >= 0.6 is 0 Å². The van der Waals surface area contributed by atoms with Gasteiger partial charge in [0.05, 0.1) is 10.8 Å². The van der Waals surface area contributed by atoms with Crippen molar-refractivity contribution in [3.05, 3.63) is 0 Å². The Labute approximate surface area is 136 Å². The average molecular weight is 334 g/mol. The zero-order valence-electron chi connectivity index (χ0n) is 14.8.